The van der Waals surface area contributed by atoms with Crippen molar-refractivity contribution in [3.05, 3.63) is 108 Å². The van der Waals surface area contributed by atoms with Gasteiger partial charge in [-0.15, -0.1) is 0 Å². The molecule has 0 bridgehead atoms. The maximum absolute atomic E-state index is 2.52. The first kappa shape index (κ1) is 21.7. The highest BCUT2D eigenvalue weighted by atomic mass is 32.3. The molecule has 0 amide bonds. The first-order valence-corrected chi connectivity index (χ1v) is 14.9. The van der Waals surface area contributed by atoms with Gasteiger partial charge in [-0.05, 0) is 72.5 Å². The van der Waals surface area contributed by atoms with E-state index in [0.717, 1.165) is 0 Å². The van der Waals surface area contributed by atoms with Gasteiger partial charge in [0.1, 0.15) is 0 Å². The molecular formula is C31H33NS. The first-order valence-electron chi connectivity index (χ1n) is 11.5. The number of anilines is 2. The molecule has 0 aliphatic carbocycles. The van der Waals surface area contributed by atoms with Crippen LogP contribution in [0.25, 0.3) is 21.5 Å². The molecule has 0 radical (unpaired) electrons. The van der Waals surface area contributed by atoms with Gasteiger partial charge in [0.15, 0.2) is 0 Å². The second-order valence-electron chi connectivity index (χ2n) is 10.8. The number of benzene rings is 4. The molecule has 0 fully saturated rings. The van der Waals surface area contributed by atoms with Crippen molar-refractivity contribution in [2.75, 3.05) is 23.7 Å². The molecule has 0 saturated carbocycles. The predicted molar refractivity (Wildman–Crippen MR) is 153 cm³/mol. The van der Waals surface area contributed by atoms with Crippen molar-refractivity contribution in [2.45, 2.75) is 19.4 Å². The van der Waals surface area contributed by atoms with Crippen LogP contribution in [0.2, 0.25) is 0 Å². The highest BCUT2D eigenvalue weighted by molar-refractivity contribution is 8.48. The van der Waals surface area contributed by atoms with E-state index in [2.05, 4.69) is 145 Å². The van der Waals surface area contributed by atoms with Crippen molar-refractivity contribution in [2.24, 2.45) is 0 Å². The standard InChI is InChI=1S/C31H33NS/c1-31(2,27-19-21-33(3,4,5)22-20-27)32(28-18-17-24-11-6-7-13-26(24)23-28)30-16-10-14-25-12-8-9-15-29(25)30/h6-23H,1-5H3. The van der Waals surface area contributed by atoms with E-state index in [1.165, 1.54) is 38.5 Å². The molecular weight excluding hydrogens is 418 g/mol. The molecule has 1 nitrogen and oxygen atoms in total. The highest BCUT2D eigenvalue weighted by Crippen LogP contribution is 2.52. The largest absolute Gasteiger partial charge is 0.331 e. The zero-order valence-electron chi connectivity index (χ0n) is 20.2. The Balaban J connectivity index is 1.76. The van der Waals surface area contributed by atoms with Crippen molar-refractivity contribution in [3.63, 3.8) is 0 Å². The van der Waals surface area contributed by atoms with Gasteiger partial charge >= 0.3 is 0 Å². The van der Waals surface area contributed by atoms with Gasteiger partial charge < -0.3 is 4.90 Å². The zero-order valence-corrected chi connectivity index (χ0v) is 21.1. The summed E-state index contributed by atoms with van der Waals surface area (Å²) in [5.74, 6) is 0. The fourth-order valence-electron chi connectivity index (χ4n) is 4.75. The molecule has 0 saturated heterocycles. The Labute approximate surface area is 197 Å². The van der Waals surface area contributed by atoms with Crippen molar-refractivity contribution >= 4 is 47.0 Å². The maximum Gasteiger partial charge on any atom is 0.0646 e. The van der Waals surface area contributed by atoms with Crippen LogP contribution >= 0.6 is 8.75 Å². The topological polar surface area (TPSA) is 3.24 Å². The van der Waals surface area contributed by atoms with Gasteiger partial charge in [0.05, 0.1) is 5.54 Å². The molecule has 1 aliphatic rings. The molecule has 33 heavy (non-hydrogen) atoms. The third kappa shape index (κ3) is 4.05. The lowest BCUT2D eigenvalue weighted by Gasteiger charge is -2.44. The number of rotatable bonds is 4. The van der Waals surface area contributed by atoms with Gasteiger partial charge in [-0.1, -0.05) is 89.7 Å². The third-order valence-corrected chi connectivity index (χ3v) is 8.95. The fourth-order valence-corrected chi connectivity index (χ4v) is 6.11. The minimum absolute atomic E-state index is 0.254. The van der Waals surface area contributed by atoms with Gasteiger partial charge in [0, 0.05) is 16.8 Å². The van der Waals surface area contributed by atoms with Crippen molar-refractivity contribution < 1.29 is 0 Å². The van der Waals surface area contributed by atoms with Crippen LogP contribution in [0.3, 0.4) is 0 Å². The van der Waals surface area contributed by atoms with Crippen molar-refractivity contribution in [1.82, 2.24) is 0 Å². The van der Waals surface area contributed by atoms with Crippen LogP contribution < -0.4 is 4.90 Å². The van der Waals surface area contributed by atoms with Crippen LogP contribution in [0.4, 0.5) is 11.4 Å². The smallest absolute Gasteiger partial charge is 0.0646 e. The Bertz CT molecular complexity index is 1490. The van der Waals surface area contributed by atoms with Crippen molar-refractivity contribution in [1.29, 1.82) is 0 Å². The molecule has 5 rings (SSSR count). The lowest BCUT2D eigenvalue weighted by atomic mass is 9.89. The van der Waals surface area contributed by atoms with Crippen LogP contribution in [0, 0.1) is 0 Å². The van der Waals surface area contributed by atoms with Gasteiger partial charge in [-0.25, -0.2) is 8.75 Å². The summed E-state index contributed by atoms with van der Waals surface area (Å²) in [6.45, 7) is 4.68. The molecule has 2 heteroatoms. The Morgan fingerprint density at radius 3 is 2.09 bits per heavy atom. The van der Waals surface area contributed by atoms with E-state index in [4.69, 9.17) is 0 Å². The summed E-state index contributed by atoms with van der Waals surface area (Å²) in [5, 5.41) is 9.93. The molecule has 1 heterocycles. The van der Waals surface area contributed by atoms with E-state index in [9.17, 15) is 0 Å². The minimum atomic E-state index is -1.60. The quantitative estimate of drug-likeness (QED) is 0.282. The Hall–Kier alpha value is -3.10. The zero-order chi connectivity index (χ0) is 23.3. The van der Waals surface area contributed by atoms with Gasteiger partial charge in [-0.3, -0.25) is 0 Å². The third-order valence-electron chi connectivity index (χ3n) is 6.73. The summed E-state index contributed by atoms with van der Waals surface area (Å²) >= 11 is 0. The molecule has 0 atom stereocenters. The second kappa shape index (κ2) is 7.46. The fraction of sp³-hybridized carbons (Fsp3) is 0.194. The average molecular weight is 452 g/mol. The number of allylic oxidation sites excluding steroid dienone is 1. The lowest BCUT2D eigenvalue weighted by molar-refractivity contribution is 0.605. The van der Waals surface area contributed by atoms with E-state index in [1.54, 1.807) is 0 Å². The maximum atomic E-state index is 2.52. The van der Waals surface area contributed by atoms with E-state index in [-0.39, 0.29) is 5.54 Å². The van der Waals surface area contributed by atoms with Gasteiger partial charge in [0.25, 0.3) is 0 Å². The monoisotopic (exact) mass is 451 g/mol. The Kier molecular flexibility index (Phi) is 4.91. The summed E-state index contributed by atoms with van der Waals surface area (Å²) < 4.78 is 0. The first-order chi connectivity index (χ1) is 15.6. The van der Waals surface area contributed by atoms with Gasteiger partial charge in [0.2, 0.25) is 0 Å². The van der Waals surface area contributed by atoms with Crippen LogP contribution in [0.1, 0.15) is 13.8 Å². The Morgan fingerprint density at radius 2 is 1.36 bits per heavy atom. The molecule has 4 aromatic rings. The number of hydrogen-bond donors (Lipinski definition) is 0. The van der Waals surface area contributed by atoms with Crippen LogP contribution in [0.5, 0.6) is 0 Å². The summed E-state index contributed by atoms with van der Waals surface area (Å²) in [5.41, 5.74) is 3.50. The molecule has 0 N–H and O–H groups in total. The molecule has 0 aromatic heterocycles. The van der Waals surface area contributed by atoms with Crippen LogP contribution in [-0.4, -0.2) is 29.7 Å². The number of hydrogen-bond acceptors (Lipinski definition) is 1. The van der Waals surface area contributed by atoms with Crippen LogP contribution in [-0.2, 0) is 0 Å². The summed E-state index contributed by atoms with van der Waals surface area (Å²) in [6.07, 6.45) is 11.8. The molecule has 0 spiro atoms. The normalized spacial score (nSPS) is 18.2. The molecule has 4 aromatic carbocycles. The van der Waals surface area contributed by atoms with Crippen LogP contribution in [0.15, 0.2) is 108 Å². The molecule has 168 valence electrons. The number of fused-ring (bicyclic) bond motifs is 2. The predicted octanol–water partition coefficient (Wildman–Crippen LogP) is 8.40. The van der Waals surface area contributed by atoms with Gasteiger partial charge in [-0.2, -0.15) is 0 Å². The summed E-state index contributed by atoms with van der Waals surface area (Å²) in [6, 6.07) is 30.8. The highest BCUT2D eigenvalue weighted by Gasteiger charge is 2.33. The van der Waals surface area contributed by atoms with E-state index < -0.39 is 8.75 Å². The lowest BCUT2D eigenvalue weighted by Crippen LogP contribution is -2.42. The van der Waals surface area contributed by atoms with Crippen molar-refractivity contribution in [3.8, 4) is 0 Å². The minimum Gasteiger partial charge on any atom is -0.331 e. The van der Waals surface area contributed by atoms with E-state index in [1.807, 2.05) is 0 Å². The molecule has 0 unspecified atom stereocenters. The number of nitrogens with zero attached hydrogens (tertiary/aromatic N) is 1. The molecule has 1 aliphatic heterocycles. The SMILES string of the molecule is CC(C)(C1=CC=S(C)(C)(C)C=C1)N(c1ccc2ccccc2c1)c1cccc2ccccc12. The second-order valence-corrected chi connectivity index (χ2v) is 16.9. The Morgan fingerprint density at radius 1 is 0.697 bits per heavy atom. The summed E-state index contributed by atoms with van der Waals surface area (Å²) in [4.78, 5) is 2.52. The average Bonchev–Trinajstić information content (AvgIpc) is 2.78. The van der Waals surface area contributed by atoms with E-state index >= 15 is 0 Å². The van der Waals surface area contributed by atoms with E-state index in [0.29, 0.717) is 0 Å². The summed E-state index contributed by atoms with van der Waals surface area (Å²) in [7, 11) is -1.60.